The number of sulfonamides is 1. The van der Waals surface area contributed by atoms with Crippen LogP contribution < -0.4 is 14.5 Å². The van der Waals surface area contributed by atoms with Crippen LogP contribution in [0.4, 0.5) is 21.5 Å². The highest BCUT2D eigenvalue weighted by atomic mass is 32.2. The van der Waals surface area contributed by atoms with Gasteiger partial charge in [0.15, 0.2) is 0 Å². The van der Waals surface area contributed by atoms with Gasteiger partial charge in [0.1, 0.15) is 12.4 Å². The van der Waals surface area contributed by atoms with Crippen LogP contribution in [0, 0.1) is 5.82 Å². The summed E-state index contributed by atoms with van der Waals surface area (Å²) in [5, 5.41) is 2.68. The summed E-state index contributed by atoms with van der Waals surface area (Å²) >= 11 is 0. The molecular formula is C20H24FN3O3S. The van der Waals surface area contributed by atoms with Crippen molar-refractivity contribution in [2.24, 2.45) is 0 Å². The summed E-state index contributed by atoms with van der Waals surface area (Å²) < 4.78 is 38.9. The van der Waals surface area contributed by atoms with Crippen molar-refractivity contribution >= 4 is 33.0 Å². The zero-order chi connectivity index (χ0) is 20.1. The Morgan fingerprint density at radius 1 is 1.07 bits per heavy atom. The van der Waals surface area contributed by atoms with E-state index in [1.807, 2.05) is 12.1 Å². The van der Waals surface area contributed by atoms with Gasteiger partial charge >= 0.3 is 0 Å². The lowest BCUT2D eigenvalue weighted by molar-refractivity contribution is -0.114. The lowest BCUT2D eigenvalue weighted by Gasteiger charge is -2.29. The van der Waals surface area contributed by atoms with Crippen LogP contribution in [0.2, 0.25) is 0 Å². The van der Waals surface area contributed by atoms with Gasteiger partial charge in [-0.3, -0.25) is 9.10 Å². The highest BCUT2D eigenvalue weighted by molar-refractivity contribution is 7.92. The molecule has 1 saturated heterocycles. The van der Waals surface area contributed by atoms with Crippen LogP contribution in [-0.4, -0.2) is 40.2 Å². The quantitative estimate of drug-likeness (QED) is 0.801. The van der Waals surface area contributed by atoms with Crippen molar-refractivity contribution in [3.8, 4) is 0 Å². The number of hydrogen-bond donors (Lipinski definition) is 1. The van der Waals surface area contributed by atoms with Gasteiger partial charge in [-0.15, -0.1) is 0 Å². The number of nitrogens with zero attached hydrogens (tertiary/aromatic N) is 2. The van der Waals surface area contributed by atoms with E-state index < -0.39 is 28.3 Å². The van der Waals surface area contributed by atoms with E-state index >= 15 is 0 Å². The highest BCUT2D eigenvalue weighted by Gasteiger charge is 2.23. The summed E-state index contributed by atoms with van der Waals surface area (Å²) in [6.45, 7) is 1.54. The Bertz CT molecular complexity index is 926. The second-order valence-electron chi connectivity index (χ2n) is 6.86. The van der Waals surface area contributed by atoms with Crippen LogP contribution in [0.5, 0.6) is 0 Å². The van der Waals surface area contributed by atoms with Gasteiger partial charge in [-0.05, 0) is 55.7 Å². The molecule has 1 fully saturated rings. The summed E-state index contributed by atoms with van der Waals surface area (Å²) in [4.78, 5) is 14.7. The first-order valence-corrected chi connectivity index (χ1v) is 11.1. The number of halogens is 1. The zero-order valence-corrected chi connectivity index (χ0v) is 16.6. The molecule has 1 aliphatic heterocycles. The topological polar surface area (TPSA) is 69.7 Å². The third kappa shape index (κ3) is 5.01. The van der Waals surface area contributed by atoms with E-state index in [-0.39, 0.29) is 5.69 Å². The standard InChI is InChI=1S/C20H24FN3O3S/c1-28(26,27)24(19-8-4-3-7-18(19)21)15-20(25)22-16-9-11-17(12-10-16)23-13-5-2-6-14-23/h3-4,7-12H,2,5-6,13-15H2,1H3,(H,22,25). The zero-order valence-electron chi connectivity index (χ0n) is 15.8. The van der Waals surface area contributed by atoms with Crippen molar-refractivity contribution in [1.29, 1.82) is 0 Å². The Morgan fingerprint density at radius 3 is 2.32 bits per heavy atom. The van der Waals surface area contributed by atoms with E-state index in [1.54, 1.807) is 12.1 Å². The number of anilines is 3. The summed E-state index contributed by atoms with van der Waals surface area (Å²) in [6.07, 6.45) is 4.55. The van der Waals surface area contributed by atoms with Crippen LogP contribution in [0.1, 0.15) is 19.3 Å². The molecule has 8 heteroatoms. The van der Waals surface area contributed by atoms with Crippen molar-refractivity contribution < 1.29 is 17.6 Å². The number of hydrogen-bond acceptors (Lipinski definition) is 4. The van der Waals surface area contributed by atoms with Crippen molar-refractivity contribution in [1.82, 2.24) is 0 Å². The number of carbonyl (C=O) groups is 1. The molecule has 0 aliphatic carbocycles. The molecule has 2 aromatic carbocycles. The van der Waals surface area contributed by atoms with Gasteiger partial charge in [-0.25, -0.2) is 12.8 Å². The van der Waals surface area contributed by atoms with Gasteiger partial charge in [-0.1, -0.05) is 12.1 Å². The first-order chi connectivity index (χ1) is 13.3. The second-order valence-corrected chi connectivity index (χ2v) is 8.77. The monoisotopic (exact) mass is 405 g/mol. The Hall–Kier alpha value is -2.61. The molecule has 0 spiro atoms. The normalized spacial score (nSPS) is 14.6. The Labute approximate surface area is 165 Å². The number of para-hydroxylation sites is 1. The Kier molecular flexibility index (Phi) is 6.18. The molecule has 0 saturated carbocycles. The van der Waals surface area contributed by atoms with E-state index in [0.717, 1.165) is 35.4 Å². The van der Waals surface area contributed by atoms with Gasteiger partial charge in [0, 0.05) is 24.5 Å². The fourth-order valence-corrected chi connectivity index (χ4v) is 4.13. The smallest absolute Gasteiger partial charge is 0.245 e. The molecule has 1 aliphatic rings. The number of amides is 1. The van der Waals surface area contributed by atoms with Crippen LogP contribution in [0.3, 0.4) is 0 Å². The molecule has 0 bridgehead atoms. The van der Waals surface area contributed by atoms with Gasteiger partial charge < -0.3 is 10.2 Å². The maximum Gasteiger partial charge on any atom is 0.245 e. The second kappa shape index (κ2) is 8.60. The van der Waals surface area contributed by atoms with E-state index in [2.05, 4.69) is 10.2 Å². The summed E-state index contributed by atoms with van der Waals surface area (Å²) in [6, 6.07) is 12.9. The van der Waals surface area contributed by atoms with Crippen LogP contribution in [-0.2, 0) is 14.8 Å². The molecule has 1 amide bonds. The van der Waals surface area contributed by atoms with E-state index in [4.69, 9.17) is 0 Å². The van der Waals surface area contributed by atoms with E-state index in [0.29, 0.717) is 5.69 Å². The molecular weight excluding hydrogens is 381 g/mol. The third-order valence-corrected chi connectivity index (χ3v) is 5.81. The molecule has 0 radical (unpaired) electrons. The molecule has 28 heavy (non-hydrogen) atoms. The van der Waals surface area contributed by atoms with Crippen molar-refractivity contribution in [2.75, 3.05) is 40.4 Å². The van der Waals surface area contributed by atoms with Crippen molar-refractivity contribution in [2.45, 2.75) is 19.3 Å². The molecule has 1 heterocycles. The predicted molar refractivity (Wildman–Crippen MR) is 110 cm³/mol. The number of carbonyl (C=O) groups excluding carboxylic acids is 1. The first kappa shape index (κ1) is 20.1. The van der Waals surface area contributed by atoms with Gasteiger partial charge in [-0.2, -0.15) is 0 Å². The molecule has 0 atom stereocenters. The largest absolute Gasteiger partial charge is 0.372 e. The molecule has 3 rings (SSSR count). The fourth-order valence-electron chi connectivity index (χ4n) is 3.27. The fraction of sp³-hybridized carbons (Fsp3) is 0.350. The predicted octanol–water partition coefficient (Wildman–Crippen LogP) is 3.22. The average Bonchev–Trinajstić information content (AvgIpc) is 2.67. The molecule has 0 aromatic heterocycles. The number of rotatable bonds is 6. The van der Waals surface area contributed by atoms with Crippen LogP contribution >= 0.6 is 0 Å². The van der Waals surface area contributed by atoms with Crippen molar-refractivity contribution in [3.05, 3.63) is 54.3 Å². The molecule has 2 aromatic rings. The highest BCUT2D eigenvalue weighted by Crippen LogP contribution is 2.23. The maximum atomic E-state index is 14.0. The summed E-state index contributed by atoms with van der Waals surface area (Å²) in [5.74, 6) is -1.24. The minimum absolute atomic E-state index is 0.152. The number of nitrogens with one attached hydrogen (secondary N) is 1. The lowest BCUT2D eigenvalue weighted by Crippen LogP contribution is -2.38. The van der Waals surface area contributed by atoms with Crippen molar-refractivity contribution in [3.63, 3.8) is 0 Å². The lowest BCUT2D eigenvalue weighted by atomic mass is 10.1. The van der Waals surface area contributed by atoms with Crippen LogP contribution in [0.25, 0.3) is 0 Å². The molecule has 1 N–H and O–H groups in total. The minimum Gasteiger partial charge on any atom is -0.372 e. The van der Waals surface area contributed by atoms with E-state index in [1.165, 1.54) is 37.5 Å². The summed E-state index contributed by atoms with van der Waals surface area (Å²) in [7, 11) is -3.82. The van der Waals surface area contributed by atoms with Gasteiger partial charge in [0.25, 0.3) is 0 Å². The molecule has 6 nitrogen and oxygen atoms in total. The van der Waals surface area contributed by atoms with Gasteiger partial charge in [0.2, 0.25) is 15.9 Å². The minimum atomic E-state index is -3.82. The summed E-state index contributed by atoms with van der Waals surface area (Å²) in [5.41, 5.74) is 1.51. The first-order valence-electron chi connectivity index (χ1n) is 9.22. The van der Waals surface area contributed by atoms with Gasteiger partial charge in [0.05, 0.1) is 11.9 Å². The average molecular weight is 405 g/mol. The van der Waals surface area contributed by atoms with E-state index in [9.17, 15) is 17.6 Å². The third-order valence-electron chi connectivity index (χ3n) is 4.68. The number of piperidine rings is 1. The molecule has 0 unspecified atom stereocenters. The molecule has 150 valence electrons. The number of benzene rings is 2. The Balaban J connectivity index is 1.68. The SMILES string of the molecule is CS(=O)(=O)N(CC(=O)Nc1ccc(N2CCCCC2)cc1)c1ccccc1F. The van der Waals surface area contributed by atoms with Crippen LogP contribution in [0.15, 0.2) is 48.5 Å². The maximum absolute atomic E-state index is 14.0. The Morgan fingerprint density at radius 2 is 1.71 bits per heavy atom.